The Labute approximate surface area is 139 Å². The van der Waals surface area contributed by atoms with E-state index in [9.17, 15) is 9.59 Å². The Morgan fingerprint density at radius 1 is 1.17 bits per heavy atom. The number of nitrogens with one attached hydrogen (secondary N) is 2. The van der Waals surface area contributed by atoms with E-state index in [0.29, 0.717) is 10.6 Å². The molecule has 2 aromatic rings. The van der Waals surface area contributed by atoms with Crippen LogP contribution in [0.25, 0.3) is 0 Å². The van der Waals surface area contributed by atoms with Crippen LogP contribution in [0.5, 0.6) is 0 Å². The molecule has 0 saturated carbocycles. The number of nitrogens with zero attached hydrogens (tertiary/aromatic N) is 1. The number of hydrazone groups is 1. The van der Waals surface area contributed by atoms with Gasteiger partial charge in [-0.25, -0.2) is 5.43 Å². The van der Waals surface area contributed by atoms with Gasteiger partial charge in [0.2, 0.25) is 0 Å². The highest BCUT2D eigenvalue weighted by Gasteiger charge is 2.06. The van der Waals surface area contributed by atoms with Crippen molar-refractivity contribution in [2.45, 2.75) is 6.92 Å². The topological polar surface area (TPSA) is 70.6 Å². The molecule has 2 amide bonds. The first-order valence-corrected chi connectivity index (χ1v) is 7.35. The minimum absolute atomic E-state index is 0.153. The summed E-state index contributed by atoms with van der Waals surface area (Å²) in [6.07, 6.45) is 1.48. The predicted octanol–water partition coefficient (Wildman–Crippen LogP) is 2.53. The van der Waals surface area contributed by atoms with Crippen molar-refractivity contribution in [1.29, 1.82) is 0 Å². The van der Waals surface area contributed by atoms with Crippen molar-refractivity contribution in [2.24, 2.45) is 5.10 Å². The molecule has 2 rings (SSSR count). The van der Waals surface area contributed by atoms with Crippen LogP contribution in [0.3, 0.4) is 0 Å². The lowest BCUT2D eigenvalue weighted by Crippen LogP contribution is -2.34. The third kappa shape index (κ3) is 5.56. The van der Waals surface area contributed by atoms with Crippen molar-refractivity contribution in [3.05, 3.63) is 70.2 Å². The smallest absolute Gasteiger partial charge is 0.259 e. The standard InChI is InChI=1S/C17H16ClN3O2/c1-12-5-7-14(8-6-12)17(23)19-11-16(22)21-20-10-13-3-2-4-15(18)9-13/h2-10H,11H2,1H3,(H,19,23)(H,21,22)/b20-10+. The number of benzene rings is 2. The highest BCUT2D eigenvalue weighted by atomic mass is 35.5. The molecule has 0 bridgehead atoms. The van der Waals surface area contributed by atoms with E-state index in [-0.39, 0.29) is 12.5 Å². The number of carbonyl (C=O) groups excluding carboxylic acids is 2. The SMILES string of the molecule is Cc1ccc(C(=O)NCC(=O)N/N=C/c2cccc(Cl)c2)cc1. The molecule has 6 heteroatoms. The molecule has 23 heavy (non-hydrogen) atoms. The van der Waals surface area contributed by atoms with E-state index in [2.05, 4.69) is 15.8 Å². The van der Waals surface area contributed by atoms with Gasteiger partial charge in [0.15, 0.2) is 0 Å². The van der Waals surface area contributed by atoms with Gasteiger partial charge >= 0.3 is 0 Å². The largest absolute Gasteiger partial charge is 0.343 e. The number of rotatable bonds is 5. The first-order chi connectivity index (χ1) is 11.0. The van der Waals surface area contributed by atoms with Gasteiger partial charge in [0, 0.05) is 10.6 Å². The van der Waals surface area contributed by atoms with E-state index >= 15 is 0 Å². The van der Waals surface area contributed by atoms with Crippen molar-refractivity contribution >= 4 is 29.6 Å². The van der Waals surface area contributed by atoms with Crippen LogP contribution < -0.4 is 10.7 Å². The Morgan fingerprint density at radius 2 is 1.91 bits per heavy atom. The zero-order valence-electron chi connectivity index (χ0n) is 12.5. The third-order valence-electron chi connectivity index (χ3n) is 2.97. The minimum atomic E-state index is -0.413. The monoisotopic (exact) mass is 329 g/mol. The molecule has 2 N–H and O–H groups in total. The molecular weight excluding hydrogens is 314 g/mol. The van der Waals surface area contributed by atoms with Crippen LogP contribution in [0, 0.1) is 6.92 Å². The summed E-state index contributed by atoms with van der Waals surface area (Å²) in [6, 6.07) is 14.1. The summed E-state index contributed by atoms with van der Waals surface area (Å²) in [5, 5.41) is 6.93. The molecule has 0 spiro atoms. The second kappa shape index (κ2) is 8.10. The van der Waals surface area contributed by atoms with Crippen LogP contribution in [0.15, 0.2) is 53.6 Å². The maximum absolute atomic E-state index is 11.8. The van der Waals surface area contributed by atoms with Crippen LogP contribution in [0.4, 0.5) is 0 Å². The Bertz CT molecular complexity index is 727. The molecule has 0 radical (unpaired) electrons. The highest BCUT2D eigenvalue weighted by molar-refractivity contribution is 6.30. The predicted molar refractivity (Wildman–Crippen MR) is 90.7 cm³/mol. The summed E-state index contributed by atoms with van der Waals surface area (Å²) >= 11 is 5.84. The molecule has 0 aliphatic rings. The van der Waals surface area contributed by atoms with Crippen molar-refractivity contribution in [3.63, 3.8) is 0 Å². The molecule has 0 aliphatic carbocycles. The van der Waals surface area contributed by atoms with E-state index in [1.807, 2.05) is 19.1 Å². The number of hydrogen-bond acceptors (Lipinski definition) is 3. The number of aryl methyl sites for hydroxylation is 1. The fourth-order valence-electron chi connectivity index (χ4n) is 1.77. The Morgan fingerprint density at radius 3 is 2.61 bits per heavy atom. The lowest BCUT2D eigenvalue weighted by molar-refractivity contribution is -0.120. The van der Waals surface area contributed by atoms with Crippen molar-refractivity contribution in [3.8, 4) is 0 Å². The van der Waals surface area contributed by atoms with E-state index < -0.39 is 5.91 Å². The molecule has 0 atom stereocenters. The molecule has 0 aromatic heterocycles. The first-order valence-electron chi connectivity index (χ1n) is 6.97. The molecule has 118 valence electrons. The quantitative estimate of drug-likeness (QED) is 0.653. The molecule has 0 heterocycles. The normalized spacial score (nSPS) is 10.5. The van der Waals surface area contributed by atoms with E-state index in [1.165, 1.54) is 6.21 Å². The van der Waals surface area contributed by atoms with E-state index in [0.717, 1.165) is 11.1 Å². The third-order valence-corrected chi connectivity index (χ3v) is 3.21. The van der Waals surface area contributed by atoms with Crippen molar-refractivity contribution in [1.82, 2.24) is 10.7 Å². The molecule has 0 aliphatic heterocycles. The van der Waals surface area contributed by atoms with Gasteiger partial charge in [0.05, 0.1) is 12.8 Å². The zero-order chi connectivity index (χ0) is 16.7. The molecule has 2 aromatic carbocycles. The van der Waals surface area contributed by atoms with Crippen LogP contribution in [0.2, 0.25) is 5.02 Å². The molecule has 0 fully saturated rings. The Kier molecular flexibility index (Phi) is 5.88. The minimum Gasteiger partial charge on any atom is -0.343 e. The maximum atomic E-state index is 11.8. The number of halogens is 1. The van der Waals surface area contributed by atoms with Crippen LogP contribution >= 0.6 is 11.6 Å². The van der Waals surface area contributed by atoms with Gasteiger partial charge in [-0.2, -0.15) is 5.10 Å². The lowest BCUT2D eigenvalue weighted by atomic mass is 10.1. The number of hydrogen-bond donors (Lipinski definition) is 2. The van der Waals surface area contributed by atoms with Crippen LogP contribution in [0.1, 0.15) is 21.5 Å². The summed E-state index contributed by atoms with van der Waals surface area (Å²) < 4.78 is 0. The lowest BCUT2D eigenvalue weighted by Gasteiger charge is -2.04. The van der Waals surface area contributed by atoms with Gasteiger partial charge in [0.25, 0.3) is 11.8 Å². The van der Waals surface area contributed by atoms with Gasteiger partial charge in [0.1, 0.15) is 0 Å². The summed E-state index contributed by atoms with van der Waals surface area (Å²) in [5.74, 6) is -0.720. The summed E-state index contributed by atoms with van der Waals surface area (Å²) in [5.41, 5.74) is 4.67. The number of amides is 2. The van der Waals surface area contributed by atoms with Gasteiger partial charge in [-0.1, -0.05) is 41.4 Å². The van der Waals surface area contributed by atoms with Crippen molar-refractivity contribution in [2.75, 3.05) is 6.54 Å². The Hall–Kier alpha value is -2.66. The van der Waals surface area contributed by atoms with Gasteiger partial charge < -0.3 is 5.32 Å². The molecule has 0 saturated heterocycles. The average molecular weight is 330 g/mol. The second-order valence-electron chi connectivity index (χ2n) is 4.90. The summed E-state index contributed by atoms with van der Waals surface area (Å²) in [4.78, 5) is 23.5. The van der Waals surface area contributed by atoms with Crippen molar-refractivity contribution < 1.29 is 9.59 Å². The van der Waals surface area contributed by atoms with Gasteiger partial charge in [-0.3, -0.25) is 9.59 Å². The maximum Gasteiger partial charge on any atom is 0.259 e. The number of carbonyl (C=O) groups is 2. The highest BCUT2D eigenvalue weighted by Crippen LogP contribution is 2.08. The second-order valence-corrected chi connectivity index (χ2v) is 5.33. The summed E-state index contributed by atoms with van der Waals surface area (Å²) in [6.45, 7) is 1.78. The average Bonchev–Trinajstić information content (AvgIpc) is 2.53. The van der Waals surface area contributed by atoms with E-state index in [1.54, 1.807) is 36.4 Å². The first kappa shape index (κ1) is 16.7. The molecule has 0 unspecified atom stereocenters. The Balaban J connectivity index is 1.78. The van der Waals surface area contributed by atoms with Gasteiger partial charge in [-0.05, 0) is 36.8 Å². The van der Waals surface area contributed by atoms with Gasteiger partial charge in [-0.15, -0.1) is 0 Å². The molecule has 5 nitrogen and oxygen atoms in total. The van der Waals surface area contributed by atoms with E-state index in [4.69, 9.17) is 11.6 Å². The molecular formula is C17H16ClN3O2. The fraction of sp³-hybridized carbons (Fsp3) is 0.118. The van der Waals surface area contributed by atoms with Crippen LogP contribution in [-0.2, 0) is 4.79 Å². The summed E-state index contributed by atoms with van der Waals surface area (Å²) in [7, 11) is 0. The fourth-order valence-corrected chi connectivity index (χ4v) is 1.97. The zero-order valence-corrected chi connectivity index (χ0v) is 13.3. The van der Waals surface area contributed by atoms with Crippen LogP contribution in [-0.4, -0.2) is 24.6 Å².